The van der Waals surface area contributed by atoms with Crippen LogP contribution in [0.15, 0.2) is 46.7 Å². The number of esters is 1. The number of ether oxygens (including phenoxy) is 1. The molecule has 7 nitrogen and oxygen atoms in total. The maximum Gasteiger partial charge on any atom is 0.311 e. The number of primary sulfonamides is 1. The fourth-order valence-corrected chi connectivity index (χ4v) is 3.03. The molecule has 0 bridgehead atoms. The van der Waals surface area contributed by atoms with Gasteiger partial charge in [-0.25, -0.2) is 13.6 Å². The number of sulfonamides is 1. The second-order valence-corrected chi connectivity index (χ2v) is 7.54. The van der Waals surface area contributed by atoms with Crippen LogP contribution >= 0.6 is 11.3 Å². The van der Waals surface area contributed by atoms with Crippen molar-refractivity contribution in [1.29, 1.82) is 0 Å². The average Bonchev–Trinajstić information content (AvgIpc) is 2.99. The molecule has 0 saturated heterocycles. The predicted molar refractivity (Wildman–Crippen MR) is 90.0 cm³/mol. The third-order valence-electron chi connectivity index (χ3n) is 3.03. The summed E-state index contributed by atoms with van der Waals surface area (Å²) in [4.78, 5) is 24.6. The van der Waals surface area contributed by atoms with E-state index >= 15 is 0 Å². The van der Waals surface area contributed by atoms with Crippen molar-refractivity contribution in [3.8, 4) is 0 Å². The minimum atomic E-state index is -3.79. The van der Waals surface area contributed by atoms with E-state index in [-0.39, 0.29) is 11.3 Å². The van der Waals surface area contributed by atoms with Gasteiger partial charge in [0.25, 0.3) is 5.91 Å². The molecule has 3 N–H and O–H groups in total. The van der Waals surface area contributed by atoms with E-state index < -0.39 is 28.0 Å². The molecule has 9 heteroatoms. The monoisotopic (exact) mass is 368 g/mol. The van der Waals surface area contributed by atoms with E-state index in [1.54, 1.807) is 0 Å². The third kappa shape index (κ3) is 5.15. The largest absolute Gasteiger partial charge is 0.452 e. The second-order valence-electron chi connectivity index (χ2n) is 4.95. The highest BCUT2D eigenvalue weighted by Crippen LogP contribution is 2.14. The molecule has 0 spiro atoms. The van der Waals surface area contributed by atoms with Gasteiger partial charge in [-0.2, -0.15) is 0 Å². The van der Waals surface area contributed by atoms with Crippen molar-refractivity contribution in [2.75, 3.05) is 5.32 Å². The van der Waals surface area contributed by atoms with Crippen molar-refractivity contribution in [2.24, 2.45) is 5.14 Å². The highest BCUT2D eigenvalue weighted by Gasteiger charge is 2.18. The first-order valence-electron chi connectivity index (χ1n) is 6.91. The summed E-state index contributed by atoms with van der Waals surface area (Å²) >= 11 is 1.43. The molecule has 0 saturated carbocycles. The molecule has 1 aromatic heterocycles. The first kappa shape index (κ1) is 18.1. The van der Waals surface area contributed by atoms with E-state index in [1.807, 2.05) is 17.5 Å². The zero-order valence-corrected chi connectivity index (χ0v) is 14.4. The Hall–Kier alpha value is -2.23. The molecule has 0 radical (unpaired) electrons. The van der Waals surface area contributed by atoms with Gasteiger partial charge in [0.1, 0.15) is 0 Å². The molecule has 2 rings (SSSR count). The van der Waals surface area contributed by atoms with Crippen molar-refractivity contribution >= 4 is 38.9 Å². The first-order valence-corrected chi connectivity index (χ1v) is 9.34. The first-order chi connectivity index (χ1) is 11.3. The number of amides is 1. The molecule has 0 aliphatic rings. The fourth-order valence-electron chi connectivity index (χ4n) is 1.82. The quantitative estimate of drug-likeness (QED) is 0.750. The standard InChI is InChI=1S/C15H16N2O5S2/c1-10(22-14(18)9-12-3-2-8-23-12)15(19)17-11-4-6-13(7-5-11)24(16,20)21/h2-8,10H,9H2,1H3,(H,17,19)(H2,16,20,21). The van der Waals surface area contributed by atoms with E-state index in [4.69, 9.17) is 9.88 Å². The van der Waals surface area contributed by atoms with Crippen molar-refractivity contribution in [2.45, 2.75) is 24.3 Å². The van der Waals surface area contributed by atoms with Crippen LogP contribution in [0, 0.1) is 0 Å². The predicted octanol–water partition coefficient (Wildman–Crippen LogP) is 1.51. The van der Waals surface area contributed by atoms with Gasteiger partial charge >= 0.3 is 5.97 Å². The number of rotatable bonds is 6. The Morgan fingerprint density at radius 1 is 1.25 bits per heavy atom. The van der Waals surface area contributed by atoms with E-state index in [2.05, 4.69) is 5.32 Å². The molecule has 24 heavy (non-hydrogen) atoms. The summed E-state index contributed by atoms with van der Waals surface area (Å²) in [5.41, 5.74) is 0.369. The maximum atomic E-state index is 12.0. The Morgan fingerprint density at radius 2 is 1.92 bits per heavy atom. The number of nitrogens with one attached hydrogen (secondary N) is 1. The van der Waals surface area contributed by atoms with Gasteiger partial charge in [0, 0.05) is 10.6 Å². The van der Waals surface area contributed by atoms with Gasteiger partial charge < -0.3 is 10.1 Å². The van der Waals surface area contributed by atoms with Crippen LogP contribution in [0.25, 0.3) is 0 Å². The lowest BCUT2D eigenvalue weighted by atomic mass is 10.3. The molecular weight excluding hydrogens is 352 g/mol. The fraction of sp³-hybridized carbons (Fsp3) is 0.200. The van der Waals surface area contributed by atoms with Crippen molar-refractivity contribution < 1.29 is 22.7 Å². The van der Waals surface area contributed by atoms with Gasteiger partial charge in [-0.1, -0.05) is 6.07 Å². The number of carbonyl (C=O) groups excluding carboxylic acids is 2. The number of carbonyl (C=O) groups is 2. The Kier molecular flexibility index (Phi) is 5.71. The Balaban J connectivity index is 1.90. The molecule has 0 fully saturated rings. The summed E-state index contributed by atoms with van der Waals surface area (Å²) in [6.45, 7) is 1.46. The third-order valence-corrected chi connectivity index (χ3v) is 4.83. The van der Waals surface area contributed by atoms with Crippen LogP contribution < -0.4 is 10.5 Å². The van der Waals surface area contributed by atoms with E-state index in [0.29, 0.717) is 5.69 Å². The normalized spacial score (nSPS) is 12.4. The molecule has 1 amide bonds. The van der Waals surface area contributed by atoms with E-state index in [9.17, 15) is 18.0 Å². The van der Waals surface area contributed by atoms with Gasteiger partial charge in [-0.05, 0) is 42.6 Å². The van der Waals surface area contributed by atoms with Gasteiger partial charge in [0.05, 0.1) is 11.3 Å². The minimum absolute atomic E-state index is 0.0593. The molecule has 1 aromatic carbocycles. The number of thiophene rings is 1. The van der Waals surface area contributed by atoms with Crippen molar-refractivity contribution in [1.82, 2.24) is 0 Å². The number of hydrogen-bond acceptors (Lipinski definition) is 6. The average molecular weight is 368 g/mol. The highest BCUT2D eigenvalue weighted by molar-refractivity contribution is 7.89. The highest BCUT2D eigenvalue weighted by atomic mass is 32.2. The molecule has 1 unspecified atom stereocenters. The lowest BCUT2D eigenvalue weighted by molar-refractivity contribution is -0.152. The smallest absolute Gasteiger partial charge is 0.311 e. The minimum Gasteiger partial charge on any atom is -0.452 e. The summed E-state index contributed by atoms with van der Waals surface area (Å²) in [5.74, 6) is -1.01. The summed E-state index contributed by atoms with van der Waals surface area (Å²) in [5, 5.41) is 9.38. The molecule has 2 aromatic rings. The molecule has 1 atom stereocenters. The van der Waals surface area contributed by atoms with Gasteiger partial charge in [-0.15, -0.1) is 11.3 Å². The zero-order valence-electron chi connectivity index (χ0n) is 12.8. The van der Waals surface area contributed by atoms with E-state index in [0.717, 1.165) is 4.88 Å². The van der Waals surface area contributed by atoms with Crippen LogP contribution in [0.1, 0.15) is 11.8 Å². The number of anilines is 1. The van der Waals surface area contributed by atoms with Crippen LogP contribution in [0.2, 0.25) is 0 Å². The van der Waals surface area contributed by atoms with Crippen molar-refractivity contribution in [3.05, 3.63) is 46.7 Å². The summed E-state index contributed by atoms with van der Waals surface area (Å²) in [6.07, 6.45) is -0.867. The summed E-state index contributed by atoms with van der Waals surface area (Å²) in [6, 6.07) is 8.99. The van der Waals surface area contributed by atoms with E-state index in [1.165, 1.54) is 42.5 Å². The Labute approximate surface area is 143 Å². The van der Waals surface area contributed by atoms with Gasteiger partial charge in [0.2, 0.25) is 10.0 Å². The summed E-state index contributed by atoms with van der Waals surface area (Å²) in [7, 11) is -3.79. The van der Waals surface area contributed by atoms with Crippen LogP contribution in [-0.4, -0.2) is 26.4 Å². The van der Waals surface area contributed by atoms with Crippen LogP contribution in [0.4, 0.5) is 5.69 Å². The topological polar surface area (TPSA) is 116 Å². The Bertz CT molecular complexity index is 814. The van der Waals surface area contributed by atoms with Crippen LogP contribution in [-0.2, 0) is 30.8 Å². The molecule has 128 valence electrons. The molecule has 1 heterocycles. The van der Waals surface area contributed by atoms with Crippen LogP contribution in [0.3, 0.4) is 0 Å². The SMILES string of the molecule is CC(OC(=O)Cc1cccs1)C(=O)Nc1ccc(S(N)(=O)=O)cc1. The molecular formula is C15H16N2O5S2. The van der Waals surface area contributed by atoms with Gasteiger partial charge in [-0.3, -0.25) is 9.59 Å². The molecule has 0 aliphatic carbocycles. The number of hydrogen-bond donors (Lipinski definition) is 2. The lowest BCUT2D eigenvalue weighted by Gasteiger charge is -2.13. The lowest BCUT2D eigenvalue weighted by Crippen LogP contribution is -2.30. The van der Waals surface area contributed by atoms with Gasteiger partial charge in [0.15, 0.2) is 6.10 Å². The van der Waals surface area contributed by atoms with Crippen LogP contribution in [0.5, 0.6) is 0 Å². The Morgan fingerprint density at radius 3 is 2.46 bits per heavy atom. The second kappa shape index (κ2) is 7.56. The van der Waals surface area contributed by atoms with Crippen molar-refractivity contribution in [3.63, 3.8) is 0 Å². The number of benzene rings is 1. The zero-order chi connectivity index (χ0) is 17.7. The number of nitrogens with two attached hydrogens (primary N) is 1. The maximum absolute atomic E-state index is 12.0. The summed E-state index contributed by atoms with van der Waals surface area (Å²) < 4.78 is 27.4. The molecule has 0 aliphatic heterocycles.